The summed E-state index contributed by atoms with van der Waals surface area (Å²) in [5.74, 6) is 0. The van der Waals surface area contributed by atoms with Gasteiger partial charge in [0.15, 0.2) is 0 Å². The predicted octanol–water partition coefficient (Wildman–Crippen LogP) is 12.0. The second kappa shape index (κ2) is 11.1. The number of para-hydroxylation sites is 1. The molecule has 0 fully saturated rings. The molecule has 1 atom stereocenters. The molecule has 0 amide bonds. The maximum Gasteiger partial charge on any atom is 0.0707 e. The first-order chi connectivity index (χ1) is 24.3. The van der Waals surface area contributed by atoms with E-state index in [0.717, 1.165) is 11.4 Å². The molecule has 49 heavy (non-hydrogen) atoms. The van der Waals surface area contributed by atoms with E-state index in [-0.39, 0.29) is 6.04 Å². The Hall–Kier alpha value is -6.38. The average molecular weight is 625 g/mol. The van der Waals surface area contributed by atoms with Crippen LogP contribution in [0.25, 0.3) is 71.1 Å². The lowest BCUT2D eigenvalue weighted by Crippen LogP contribution is -2.22. The second-order valence-electron chi connectivity index (χ2n) is 13.0. The fraction of sp³-hybridized carbons (Fsp3) is 0.0213. The van der Waals surface area contributed by atoms with Crippen LogP contribution in [0.4, 0.5) is 0 Å². The summed E-state index contributed by atoms with van der Waals surface area (Å²) in [7, 11) is 0. The summed E-state index contributed by atoms with van der Waals surface area (Å²) in [6, 6.07) is 61.6. The molecule has 0 spiro atoms. The van der Waals surface area contributed by atoms with E-state index >= 15 is 0 Å². The Balaban J connectivity index is 1.24. The Morgan fingerprint density at radius 3 is 1.96 bits per heavy atom. The zero-order valence-electron chi connectivity index (χ0n) is 26.8. The third-order valence-corrected chi connectivity index (χ3v) is 10.2. The number of nitrogens with one attached hydrogen (secondary N) is 1. The average Bonchev–Trinajstić information content (AvgIpc) is 3.54. The van der Waals surface area contributed by atoms with Gasteiger partial charge < -0.3 is 9.88 Å². The molecule has 0 bridgehead atoms. The van der Waals surface area contributed by atoms with Crippen molar-refractivity contribution in [2.24, 2.45) is 0 Å². The number of aromatic nitrogens is 1. The first kappa shape index (κ1) is 27.7. The highest BCUT2D eigenvalue weighted by molar-refractivity contribution is 6.36. The highest BCUT2D eigenvalue weighted by Crippen LogP contribution is 2.45. The summed E-state index contributed by atoms with van der Waals surface area (Å²) < 4.78 is 2.50. The minimum absolute atomic E-state index is 0.00929. The van der Waals surface area contributed by atoms with Gasteiger partial charge in [0.25, 0.3) is 0 Å². The van der Waals surface area contributed by atoms with Crippen molar-refractivity contribution < 1.29 is 0 Å². The highest BCUT2D eigenvalue weighted by atomic mass is 15.0. The largest absolute Gasteiger partial charge is 0.374 e. The van der Waals surface area contributed by atoms with Gasteiger partial charge in [-0.2, -0.15) is 0 Å². The smallest absolute Gasteiger partial charge is 0.0707 e. The predicted molar refractivity (Wildman–Crippen MR) is 208 cm³/mol. The van der Waals surface area contributed by atoms with Gasteiger partial charge in [0, 0.05) is 32.9 Å². The van der Waals surface area contributed by atoms with Gasteiger partial charge in [-0.05, 0) is 74.2 Å². The van der Waals surface area contributed by atoms with Crippen LogP contribution < -0.4 is 5.32 Å². The Labute approximate surface area is 284 Å². The quantitative estimate of drug-likeness (QED) is 0.193. The Bertz CT molecular complexity index is 2780. The third-order valence-electron chi connectivity index (χ3n) is 10.2. The fourth-order valence-corrected chi connectivity index (χ4v) is 7.97. The normalized spacial score (nSPS) is 14.7. The molecule has 0 radical (unpaired) electrons. The molecule has 1 aromatic heterocycles. The van der Waals surface area contributed by atoms with E-state index in [1.807, 2.05) is 0 Å². The van der Waals surface area contributed by atoms with E-state index in [1.165, 1.54) is 76.4 Å². The number of allylic oxidation sites excluding steroid dienone is 2. The van der Waals surface area contributed by atoms with Crippen LogP contribution in [0, 0.1) is 0 Å². The van der Waals surface area contributed by atoms with Crippen molar-refractivity contribution >= 4 is 65.4 Å². The summed E-state index contributed by atoms with van der Waals surface area (Å²) in [5, 5.41) is 14.2. The third kappa shape index (κ3) is 4.42. The van der Waals surface area contributed by atoms with Crippen LogP contribution in [-0.2, 0) is 0 Å². The van der Waals surface area contributed by atoms with Crippen LogP contribution in [0.1, 0.15) is 22.7 Å². The van der Waals surface area contributed by atoms with E-state index in [2.05, 4.69) is 192 Å². The molecule has 2 nitrogen and oxygen atoms in total. The summed E-state index contributed by atoms with van der Waals surface area (Å²) in [6.07, 6.45) is 4.64. The number of benzene rings is 8. The molecule has 230 valence electrons. The van der Waals surface area contributed by atoms with Gasteiger partial charge in [-0.25, -0.2) is 0 Å². The number of dihydropyridines is 1. The monoisotopic (exact) mass is 624 g/mol. The van der Waals surface area contributed by atoms with Crippen LogP contribution in [0.15, 0.2) is 182 Å². The Morgan fingerprint density at radius 2 is 1.14 bits per heavy atom. The van der Waals surface area contributed by atoms with Crippen molar-refractivity contribution in [3.63, 3.8) is 0 Å². The van der Waals surface area contributed by atoms with Gasteiger partial charge in [0.2, 0.25) is 0 Å². The standard InChI is InChI=1S/C47H32N2/c1-3-14-31(15-4-1)35-29-42(33-17-5-2-6-18-33)48-43(30-35)34-19-13-20-36(28-34)49-44-25-12-11-24-41(44)46-45-37-21-8-7-16-32(37)26-27-39(45)38-22-9-10-23-40(38)47(46)49/h1-30,43,48H. The molecule has 0 saturated heterocycles. The van der Waals surface area contributed by atoms with Gasteiger partial charge in [0.1, 0.15) is 0 Å². The van der Waals surface area contributed by atoms with Crippen LogP contribution in [0.3, 0.4) is 0 Å². The SMILES string of the molecule is C1=C(c2ccccc2)C=C(c2ccccc2)NC1c1cccc(-n2c3ccccc3c3c4c5ccccc5ccc4c4ccccc4c32)c1. The van der Waals surface area contributed by atoms with Crippen molar-refractivity contribution in [2.75, 3.05) is 0 Å². The van der Waals surface area contributed by atoms with Crippen molar-refractivity contribution in [2.45, 2.75) is 6.04 Å². The second-order valence-corrected chi connectivity index (χ2v) is 13.0. The molecule has 2 heterocycles. The lowest BCUT2D eigenvalue weighted by atomic mass is 9.92. The highest BCUT2D eigenvalue weighted by Gasteiger charge is 2.22. The number of hydrogen-bond donors (Lipinski definition) is 1. The molecule has 2 heteroatoms. The van der Waals surface area contributed by atoms with Gasteiger partial charge in [-0.3, -0.25) is 0 Å². The van der Waals surface area contributed by atoms with Crippen molar-refractivity contribution in [3.05, 3.63) is 199 Å². The summed E-state index contributed by atoms with van der Waals surface area (Å²) in [5.41, 5.74) is 9.56. The van der Waals surface area contributed by atoms with E-state index in [9.17, 15) is 0 Å². The van der Waals surface area contributed by atoms with E-state index in [0.29, 0.717) is 0 Å². The molecule has 1 aliphatic rings. The summed E-state index contributed by atoms with van der Waals surface area (Å²) in [4.78, 5) is 0. The topological polar surface area (TPSA) is 17.0 Å². The maximum absolute atomic E-state index is 3.88. The van der Waals surface area contributed by atoms with E-state index in [4.69, 9.17) is 0 Å². The molecule has 10 rings (SSSR count). The van der Waals surface area contributed by atoms with Gasteiger partial charge >= 0.3 is 0 Å². The minimum Gasteiger partial charge on any atom is -0.374 e. The van der Waals surface area contributed by atoms with E-state index in [1.54, 1.807) is 0 Å². The maximum atomic E-state index is 3.88. The number of rotatable bonds is 4. The Morgan fingerprint density at radius 1 is 0.469 bits per heavy atom. The molecule has 9 aromatic rings. The van der Waals surface area contributed by atoms with Crippen molar-refractivity contribution in [1.29, 1.82) is 0 Å². The zero-order chi connectivity index (χ0) is 32.3. The van der Waals surface area contributed by atoms with Crippen LogP contribution in [0.5, 0.6) is 0 Å². The first-order valence-corrected chi connectivity index (χ1v) is 17.0. The zero-order valence-corrected chi connectivity index (χ0v) is 26.8. The summed E-state index contributed by atoms with van der Waals surface area (Å²) >= 11 is 0. The molecule has 8 aromatic carbocycles. The van der Waals surface area contributed by atoms with Crippen molar-refractivity contribution in [3.8, 4) is 5.69 Å². The van der Waals surface area contributed by atoms with Crippen LogP contribution in [-0.4, -0.2) is 4.57 Å². The van der Waals surface area contributed by atoms with Gasteiger partial charge in [0.05, 0.1) is 17.1 Å². The van der Waals surface area contributed by atoms with Crippen LogP contribution >= 0.6 is 0 Å². The van der Waals surface area contributed by atoms with Gasteiger partial charge in [-0.15, -0.1) is 0 Å². The lowest BCUT2D eigenvalue weighted by Gasteiger charge is -2.26. The van der Waals surface area contributed by atoms with Crippen LogP contribution in [0.2, 0.25) is 0 Å². The summed E-state index contributed by atoms with van der Waals surface area (Å²) in [6.45, 7) is 0. The molecule has 0 saturated carbocycles. The molecular weight excluding hydrogens is 593 g/mol. The minimum atomic E-state index is -0.00929. The molecular formula is C47H32N2. The number of nitrogens with zero attached hydrogens (tertiary/aromatic N) is 1. The number of fused-ring (bicyclic) bond motifs is 10. The Kier molecular flexibility index (Phi) is 6.28. The van der Waals surface area contributed by atoms with E-state index < -0.39 is 0 Å². The molecule has 1 unspecified atom stereocenters. The first-order valence-electron chi connectivity index (χ1n) is 17.0. The molecule has 1 N–H and O–H groups in total. The van der Waals surface area contributed by atoms with Gasteiger partial charge in [-0.1, -0.05) is 152 Å². The molecule has 0 aliphatic carbocycles. The van der Waals surface area contributed by atoms with Crippen molar-refractivity contribution in [1.82, 2.24) is 9.88 Å². The molecule has 1 aliphatic heterocycles. The fourth-order valence-electron chi connectivity index (χ4n) is 7.97. The lowest BCUT2D eigenvalue weighted by molar-refractivity contribution is 0.766. The number of hydrogen-bond acceptors (Lipinski definition) is 1.